The Bertz CT molecular complexity index is 544. The zero-order chi connectivity index (χ0) is 11.8. The van der Waals surface area contributed by atoms with Gasteiger partial charge in [-0.25, -0.2) is 9.79 Å². The Morgan fingerprint density at radius 2 is 2.24 bits per heavy atom. The van der Waals surface area contributed by atoms with Gasteiger partial charge in [0.2, 0.25) is 5.90 Å². The van der Waals surface area contributed by atoms with Crippen LogP contribution >= 0.6 is 11.6 Å². The third-order valence-electron chi connectivity index (χ3n) is 2.72. The smallest absolute Gasteiger partial charge is 0.363 e. The van der Waals surface area contributed by atoms with E-state index in [-0.39, 0.29) is 5.97 Å². The molecule has 1 fully saturated rings. The molecule has 0 spiro atoms. The minimum Gasteiger partial charge on any atom is -0.406 e. The van der Waals surface area contributed by atoms with Gasteiger partial charge in [-0.2, -0.15) is 0 Å². The maximum Gasteiger partial charge on any atom is 0.363 e. The van der Waals surface area contributed by atoms with Crippen molar-refractivity contribution in [3.8, 4) is 0 Å². The number of rotatable bonds is 2. The number of carbonyl (C=O) groups excluding carboxylic acids is 1. The third-order valence-corrected chi connectivity index (χ3v) is 2.95. The fourth-order valence-corrected chi connectivity index (χ4v) is 1.88. The molecule has 1 aliphatic carbocycles. The average Bonchev–Trinajstić information content (AvgIpc) is 3.06. The van der Waals surface area contributed by atoms with E-state index in [9.17, 15) is 4.79 Å². The predicted octanol–water partition coefficient (Wildman–Crippen LogP) is 3.05. The minimum absolute atomic E-state index is 0.351. The molecule has 1 aromatic carbocycles. The number of halogens is 1. The van der Waals surface area contributed by atoms with Gasteiger partial charge in [0.15, 0.2) is 5.70 Å². The maximum absolute atomic E-state index is 11.6. The topological polar surface area (TPSA) is 38.7 Å². The van der Waals surface area contributed by atoms with Crippen LogP contribution < -0.4 is 0 Å². The van der Waals surface area contributed by atoms with E-state index in [1.54, 1.807) is 18.2 Å². The number of hydrogen-bond acceptors (Lipinski definition) is 3. The number of nitrogens with zero attached hydrogens (tertiary/aromatic N) is 1. The highest BCUT2D eigenvalue weighted by molar-refractivity contribution is 6.30. The highest BCUT2D eigenvalue weighted by Gasteiger charge is 2.35. The van der Waals surface area contributed by atoms with Crippen LogP contribution in [0.2, 0.25) is 5.02 Å². The number of carbonyl (C=O) groups is 1. The van der Waals surface area contributed by atoms with E-state index in [1.807, 2.05) is 12.1 Å². The van der Waals surface area contributed by atoms with E-state index in [1.165, 1.54) is 0 Å². The molecule has 1 aromatic rings. The second-order valence-corrected chi connectivity index (χ2v) is 4.63. The lowest BCUT2D eigenvalue weighted by atomic mass is 10.2. The predicted molar refractivity (Wildman–Crippen MR) is 65.7 cm³/mol. The molecule has 0 unspecified atom stereocenters. The molecule has 4 heteroatoms. The Labute approximate surface area is 104 Å². The fraction of sp³-hybridized carbons (Fsp3) is 0.231. The molecule has 3 rings (SSSR count). The summed E-state index contributed by atoms with van der Waals surface area (Å²) in [7, 11) is 0. The van der Waals surface area contributed by atoms with Crippen molar-refractivity contribution in [3.63, 3.8) is 0 Å². The molecular formula is C13H10ClNO2. The van der Waals surface area contributed by atoms with Crippen molar-refractivity contribution in [2.45, 2.75) is 12.8 Å². The van der Waals surface area contributed by atoms with Gasteiger partial charge >= 0.3 is 5.97 Å². The van der Waals surface area contributed by atoms with E-state index < -0.39 is 0 Å². The van der Waals surface area contributed by atoms with Crippen LogP contribution in [0.25, 0.3) is 6.08 Å². The molecule has 1 saturated carbocycles. The standard InChI is InChI=1S/C13H10ClNO2/c14-10-3-1-2-8(6-10)7-11-13(16)17-12(15-11)9-4-5-9/h1-3,6-7,9H,4-5H2/b11-7+. The number of benzene rings is 1. The molecule has 3 nitrogen and oxygen atoms in total. The Balaban J connectivity index is 1.90. The molecule has 0 saturated heterocycles. The zero-order valence-electron chi connectivity index (χ0n) is 9.02. The summed E-state index contributed by atoms with van der Waals surface area (Å²) in [6.45, 7) is 0. The van der Waals surface area contributed by atoms with Gasteiger partial charge < -0.3 is 4.74 Å². The van der Waals surface area contributed by atoms with Gasteiger partial charge in [0.1, 0.15) is 0 Å². The molecule has 0 bridgehead atoms. The Morgan fingerprint density at radius 1 is 1.41 bits per heavy atom. The van der Waals surface area contributed by atoms with Crippen LogP contribution in [0.4, 0.5) is 0 Å². The first-order valence-corrected chi connectivity index (χ1v) is 5.88. The van der Waals surface area contributed by atoms with E-state index in [0.717, 1.165) is 18.4 Å². The first-order valence-electron chi connectivity index (χ1n) is 5.50. The highest BCUT2D eigenvalue weighted by Crippen LogP contribution is 2.34. The quantitative estimate of drug-likeness (QED) is 0.595. The molecule has 0 aromatic heterocycles. The summed E-state index contributed by atoms with van der Waals surface area (Å²) in [5.41, 5.74) is 1.21. The van der Waals surface area contributed by atoms with Gasteiger partial charge in [-0.05, 0) is 36.6 Å². The number of hydrogen-bond donors (Lipinski definition) is 0. The molecular weight excluding hydrogens is 238 g/mol. The van der Waals surface area contributed by atoms with Gasteiger partial charge in [0.25, 0.3) is 0 Å². The SMILES string of the molecule is O=C1OC(C2CC2)=N/C1=C/c1cccc(Cl)c1. The zero-order valence-corrected chi connectivity index (χ0v) is 9.78. The molecule has 17 heavy (non-hydrogen) atoms. The van der Waals surface area contributed by atoms with Crippen molar-refractivity contribution in [2.75, 3.05) is 0 Å². The van der Waals surface area contributed by atoms with Crippen LogP contribution in [0, 0.1) is 5.92 Å². The Hall–Kier alpha value is -1.61. The van der Waals surface area contributed by atoms with E-state index >= 15 is 0 Å². The third kappa shape index (κ3) is 2.24. The largest absolute Gasteiger partial charge is 0.406 e. The van der Waals surface area contributed by atoms with Gasteiger partial charge in [0, 0.05) is 10.9 Å². The minimum atomic E-state index is -0.369. The van der Waals surface area contributed by atoms with Crippen molar-refractivity contribution in [1.82, 2.24) is 0 Å². The van der Waals surface area contributed by atoms with Crippen LogP contribution in [-0.2, 0) is 9.53 Å². The second-order valence-electron chi connectivity index (χ2n) is 4.20. The summed E-state index contributed by atoms with van der Waals surface area (Å²) in [4.78, 5) is 15.8. The summed E-state index contributed by atoms with van der Waals surface area (Å²) in [5, 5.41) is 0.636. The second kappa shape index (κ2) is 4.00. The number of esters is 1. The monoisotopic (exact) mass is 247 g/mol. The first-order chi connectivity index (χ1) is 8.22. The number of ether oxygens (including phenoxy) is 1. The van der Waals surface area contributed by atoms with Crippen LogP contribution in [0.15, 0.2) is 35.0 Å². The summed E-state index contributed by atoms with van der Waals surface area (Å²) in [6.07, 6.45) is 3.83. The molecule has 0 radical (unpaired) electrons. The van der Waals surface area contributed by atoms with E-state index in [2.05, 4.69) is 4.99 Å². The molecule has 2 aliphatic rings. The Morgan fingerprint density at radius 3 is 2.94 bits per heavy atom. The van der Waals surface area contributed by atoms with Crippen LogP contribution in [-0.4, -0.2) is 11.9 Å². The molecule has 86 valence electrons. The van der Waals surface area contributed by atoms with E-state index in [0.29, 0.717) is 22.5 Å². The molecule has 0 N–H and O–H groups in total. The molecule has 0 atom stereocenters. The van der Waals surface area contributed by atoms with Crippen LogP contribution in [0.3, 0.4) is 0 Å². The summed E-state index contributed by atoms with van der Waals surface area (Å²) < 4.78 is 5.11. The van der Waals surface area contributed by atoms with Crippen molar-refractivity contribution < 1.29 is 9.53 Å². The molecule has 1 heterocycles. The van der Waals surface area contributed by atoms with Crippen molar-refractivity contribution in [2.24, 2.45) is 10.9 Å². The highest BCUT2D eigenvalue weighted by atomic mass is 35.5. The normalized spacial score (nSPS) is 21.6. The van der Waals surface area contributed by atoms with Crippen molar-refractivity contribution in [3.05, 3.63) is 40.5 Å². The van der Waals surface area contributed by atoms with Crippen LogP contribution in [0.5, 0.6) is 0 Å². The first kappa shape index (κ1) is 10.5. The summed E-state index contributed by atoms with van der Waals surface area (Å²) >= 11 is 5.87. The fourth-order valence-electron chi connectivity index (χ4n) is 1.68. The lowest BCUT2D eigenvalue weighted by Gasteiger charge is -1.94. The van der Waals surface area contributed by atoms with Crippen molar-refractivity contribution in [1.29, 1.82) is 0 Å². The summed E-state index contributed by atoms with van der Waals surface area (Å²) in [6, 6.07) is 7.28. The average molecular weight is 248 g/mol. The Kier molecular flexibility index (Phi) is 2.48. The van der Waals surface area contributed by atoms with Gasteiger partial charge in [-0.1, -0.05) is 23.7 Å². The lowest BCUT2D eigenvalue weighted by molar-refractivity contribution is -0.130. The van der Waals surface area contributed by atoms with Crippen molar-refractivity contribution >= 4 is 29.5 Å². The van der Waals surface area contributed by atoms with Gasteiger partial charge in [-0.3, -0.25) is 0 Å². The summed E-state index contributed by atoms with van der Waals surface area (Å²) in [5.74, 6) is 0.555. The lowest BCUT2D eigenvalue weighted by Crippen LogP contribution is -2.05. The van der Waals surface area contributed by atoms with Crippen LogP contribution in [0.1, 0.15) is 18.4 Å². The number of aliphatic imine (C=N–C) groups is 1. The van der Waals surface area contributed by atoms with E-state index in [4.69, 9.17) is 16.3 Å². The van der Waals surface area contributed by atoms with Gasteiger partial charge in [-0.15, -0.1) is 0 Å². The number of cyclic esters (lactones) is 1. The molecule has 1 aliphatic heterocycles. The molecule has 0 amide bonds. The van der Waals surface area contributed by atoms with Gasteiger partial charge in [0.05, 0.1) is 0 Å². The maximum atomic E-state index is 11.6.